The van der Waals surface area contributed by atoms with Crippen LogP contribution in [0.3, 0.4) is 0 Å². The lowest BCUT2D eigenvalue weighted by Gasteiger charge is -2.10. The number of nitrogens with one attached hydrogen (secondary N) is 1. The Bertz CT molecular complexity index is 313. The predicted molar refractivity (Wildman–Crippen MR) is 55.5 cm³/mol. The number of nitrogens with zero attached hydrogens (tertiary/aromatic N) is 2. The fraction of sp³-hybridized carbons (Fsp3) is 0.600. The van der Waals surface area contributed by atoms with Crippen molar-refractivity contribution in [2.45, 2.75) is 18.9 Å². The fourth-order valence-electron chi connectivity index (χ4n) is 1.64. The van der Waals surface area contributed by atoms with Crippen molar-refractivity contribution < 1.29 is 9.84 Å². The number of ether oxygens (including phenoxy) is 1. The third kappa shape index (κ3) is 2.64. The first kappa shape index (κ1) is 10.3. The molecule has 0 bridgehead atoms. The summed E-state index contributed by atoms with van der Waals surface area (Å²) in [5, 5.41) is 11.7. The minimum atomic E-state index is 0.0965. The van der Waals surface area contributed by atoms with E-state index in [0.717, 1.165) is 31.0 Å². The maximum Gasteiger partial charge on any atom is 0.129 e. The Morgan fingerprint density at radius 2 is 2.47 bits per heavy atom. The van der Waals surface area contributed by atoms with Gasteiger partial charge in [-0.05, 0) is 12.8 Å². The largest absolute Gasteiger partial charge is 0.395 e. The van der Waals surface area contributed by atoms with Crippen molar-refractivity contribution in [2.24, 2.45) is 0 Å². The molecule has 0 radical (unpaired) electrons. The predicted octanol–water partition coefficient (Wildman–Crippen LogP) is 0.732. The molecule has 0 amide bonds. The third-order valence-electron chi connectivity index (χ3n) is 2.37. The van der Waals surface area contributed by atoms with Crippen molar-refractivity contribution in [3.05, 3.63) is 18.1 Å². The summed E-state index contributed by atoms with van der Waals surface area (Å²) in [7, 11) is 0. The molecule has 0 aromatic carbocycles. The van der Waals surface area contributed by atoms with Gasteiger partial charge >= 0.3 is 0 Å². The molecular weight excluding hydrogens is 194 g/mol. The maximum atomic E-state index is 8.68. The first-order valence-electron chi connectivity index (χ1n) is 5.18. The molecule has 1 saturated heterocycles. The van der Waals surface area contributed by atoms with Crippen LogP contribution in [0.1, 0.15) is 24.6 Å². The number of hydrogen-bond acceptors (Lipinski definition) is 5. The highest BCUT2D eigenvalue weighted by molar-refractivity contribution is 5.35. The summed E-state index contributed by atoms with van der Waals surface area (Å²) in [4.78, 5) is 8.25. The standard InChI is InChI=1S/C10H15N3O2/c14-4-3-11-10-6-8(12-7-13-10)9-2-1-5-15-9/h6-7,9,14H,1-5H2,(H,11,12,13). The molecule has 2 heterocycles. The molecule has 1 atom stereocenters. The van der Waals surface area contributed by atoms with E-state index in [0.29, 0.717) is 6.54 Å². The van der Waals surface area contributed by atoms with Gasteiger partial charge in [0.15, 0.2) is 0 Å². The molecule has 1 aliphatic rings. The van der Waals surface area contributed by atoms with Crippen molar-refractivity contribution in [2.75, 3.05) is 25.1 Å². The van der Waals surface area contributed by atoms with E-state index in [9.17, 15) is 0 Å². The highest BCUT2D eigenvalue weighted by atomic mass is 16.5. The lowest BCUT2D eigenvalue weighted by molar-refractivity contribution is 0.108. The quantitative estimate of drug-likeness (QED) is 0.765. The molecule has 1 aliphatic heterocycles. The zero-order valence-electron chi connectivity index (χ0n) is 8.52. The smallest absolute Gasteiger partial charge is 0.129 e. The Kier molecular flexibility index (Phi) is 3.47. The zero-order valence-corrected chi connectivity index (χ0v) is 8.52. The zero-order chi connectivity index (χ0) is 10.5. The molecule has 1 fully saturated rings. The second kappa shape index (κ2) is 5.04. The molecule has 0 saturated carbocycles. The lowest BCUT2D eigenvalue weighted by Crippen LogP contribution is -2.08. The van der Waals surface area contributed by atoms with E-state index in [1.54, 1.807) is 0 Å². The van der Waals surface area contributed by atoms with E-state index in [2.05, 4.69) is 15.3 Å². The van der Waals surface area contributed by atoms with E-state index < -0.39 is 0 Å². The minimum absolute atomic E-state index is 0.0965. The molecule has 82 valence electrons. The lowest BCUT2D eigenvalue weighted by atomic mass is 10.2. The van der Waals surface area contributed by atoms with Gasteiger partial charge in [-0.1, -0.05) is 0 Å². The van der Waals surface area contributed by atoms with Crippen LogP contribution in [0.15, 0.2) is 12.4 Å². The third-order valence-corrected chi connectivity index (χ3v) is 2.37. The van der Waals surface area contributed by atoms with Crippen LogP contribution in [0.25, 0.3) is 0 Å². The Labute approximate surface area is 88.5 Å². The molecular formula is C10H15N3O2. The Balaban J connectivity index is 2.04. The second-order valence-electron chi connectivity index (χ2n) is 3.48. The summed E-state index contributed by atoms with van der Waals surface area (Å²) < 4.78 is 5.53. The number of anilines is 1. The van der Waals surface area contributed by atoms with Gasteiger partial charge in [0.25, 0.3) is 0 Å². The van der Waals surface area contributed by atoms with Gasteiger partial charge in [-0.15, -0.1) is 0 Å². The van der Waals surface area contributed by atoms with Crippen LogP contribution in [-0.2, 0) is 4.74 Å². The van der Waals surface area contributed by atoms with Crippen molar-refractivity contribution >= 4 is 5.82 Å². The van der Waals surface area contributed by atoms with Crippen LogP contribution in [0, 0.1) is 0 Å². The van der Waals surface area contributed by atoms with Crippen molar-refractivity contribution in [1.29, 1.82) is 0 Å². The van der Waals surface area contributed by atoms with E-state index in [4.69, 9.17) is 9.84 Å². The topological polar surface area (TPSA) is 67.3 Å². The number of aliphatic hydroxyl groups excluding tert-OH is 1. The number of aliphatic hydroxyl groups is 1. The molecule has 1 aromatic rings. The molecule has 1 unspecified atom stereocenters. The van der Waals surface area contributed by atoms with Gasteiger partial charge in [0.1, 0.15) is 12.1 Å². The Hall–Kier alpha value is -1.20. The molecule has 0 spiro atoms. The van der Waals surface area contributed by atoms with Gasteiger partial charge in [0.2, 0.25) is 0 Å². The number of rotatable bonds is 4. The highest BCUT2D eigenvalue weighted by Gasteiger charge is 2.19. The number of aromatic nitrogens is 2. The molecule has 1 aromatic heterocycles. The summed E-state index contributed by atoms with van der Waals surface area (Å²) in [6.07, 6.45) is 3.75. The SMILES string of the molecule is OCCNc1cc(C2CCCO2)ncn1. The average Bonchev–Trinajstić information content (AvgIpc) is 2.80. The van der Waals surface area contributed by atoms with Gasteiger partial charge in [0.05, 0.1) is 18.4 Å². The van der Waals surface area contributed by atoms with Gasteiger partial charge in [-0.25, -0.2) is 9.97 Å². The summed E-state index contributed by atoms with van der Waals surface area (Å²) in [5.41, 5.74) is 0.919. The van der Waals surface area contributed by atoms with E-state index in [1.165, 1.54) is 6.33 Å². The Morgan fingerprint density at radius 3 is 3.20 bits per heavy atom. The van der Waals surface area contributed by atoms with Gasteiger partial charge in [0, 0.05) is 19.2 Å². The highest BCUT2D eigenvalue weighted by Crippen LogP contribution is 2.27. The van der Waals surface area contributed by atoms with E-state index in [1.807, 2.05) is 6.07 Å². The van der Waals surface area contributed by atoms with E-state index in [-0.39, 0.29) is 12.7 Å². The van der Waals surface area contributed by atoms with Crippen molar-refractivity contribution in [3.8, 4) is 0 Å². The molecule has 5 nitrogen and oxygen atoms in total. The minimum Gasteiger partial charge on any atom is -0.395 e. The van der Waals surface area contributed by atoms with Crippen LogP contribution in [0.4, 0.5) is 5.82 Å². The van der Waals surface area contributed by atoms with Crippen LogP contribution in [0.2, 0.25) is 0 Å². The van der Waals surface area contributed by atoms with Gasteiger partial charge in [-0.2, -0.15) is 0 Å². The number of hydrogen-bond donors (Lipinski definition) is 2. The summed E-state index contributed by atoms with van der Waals surface area (Å²) in [6, 6.07) is 1.88. The molecule has 2 N–H and O–H groups in total. The van der Waals surface area contributed by atoms with Crippen LogP contribution in [0.5, 0.6) is 0 Å². The van der Waals surface area contributed by atoms with E-state index >= 15 is 0 Å². The fourth-order valence-corrected chi connectivity index (χ4v) is 1.64. The molecule has 0 aliphatic carbocycles. The first-order valence-corrected chi connectivity index (χ1v) is 5.18. The maximum absolute atomic E-state index is 8.68. The Morgan fingerprint density at radius 1 is 1.53 bits per heavy atom. The molecule has 15 heavy (non-hydrogen) atoms. The second-order valence-corrected chi connectivity index (χ2v) is 3.48. The summed E-state index contributed by atoms with van der Waals surface area (Å²) in [6.45, 7) is 1.41. The van der Waals surface area contributed by atoms with Crippen LogP contribution < -0.4 is 5.32 Å². The van der Waals surface area contributed by atoms with Crippen LogP contribution >= 0.6 is 0 Å². The normalized spacial score (nSPS) is 20.5. The summed E-state index contributed by atoms with van der Waals surface area (Å²) >= 11 is 0. The molecule has 5 heteroatoms. The molecule has 2 rings (SSSR count). The van der Waals surface area contributed by atoms with Gasteiger partial charge in [-0.3, -0.25) is 0 Å². The van der Waals surface area contributed by atoms with Gasteiger partial charge < -0.3 is 15.2 Å². The van der Waals surface area contributed by atoms with Crippen molar-refractivity contribution in [3.63, 3.8) is 0 Å². The van der Waals surface area contributed by atoms with Crippen LogP contribution in [-0.4, -0.2) is 34.8 Å². The first-order chi connectivity index (χ1) is 7.40. The van der Waals surface area contributed by atoms with Crippen molar-refractivity contribution in [1.82, 2.24) is 9.97 Å². The summed E-state index contributed by atoms with van der Waals surface area (Å²) in [5.74, 6) is 0.740. The monoisotopic (exact) mass is 209 g/mol. The average molecular weight is 209 g/mol.